The van der Waals surface area contributed by atoms with Gasteiger partial charge in [0.25, 0.3) is 5.91 Å². The zero-order valence-electron chi connectivity index (χ0n) is 18.9. The summed E-state index contributed by atoms with van der Waals surface area (Å²) in [7, 11) is -3.67. The van der Waals surface area contributed by atoms with Crippen LogP contribution in [-0.4, -0.2) is 26.0 Å². The number of anilines is 1. The minimum absolute atomic E-state index is 0.0938. The lowest BCUT2D eigenvalue weighted by molar-refractivity contribution is 0.0977. The lowest BCUT2D eigenvalue weighted by atomic mass is 10.2. The summed E-state index contributed by atoms with van der Waals surface area (Å²) < 4.78 is 33.3. The molecule has 0 aliphatic rings. The molecule has 0 aliphatic carbocycles. The van der Waals surface area contributed by atoms with Gasteiger partial charge in [0.05, 0.1) is 11.5 Å². The van der Waals surface area contributed by atoms with Crippen molar-refractivity contribution in [2.75, 3.05) is 11.9 Å². The SMILES string of the molecule is CC(C)COc1cccc(C(=O)NC(=S)Nc2ccc(S(=O)(=O)NCc3ccccc3)cc2)c1. The van der Waals surface area contributed by atoms with E-state index in [2.05, 4.69) is 15.4 Å². The van der Waals surface area contributed by atoms with Crippen molar-refractivity contribution in [3.63, 3.8) is 0 Å². The maximum atomic E-state index is 12.5. The molecule has 0 fully saturated rings. The summed E-state index contributed by atoms with van der Waals surface area (Å²) in [5, 5.41) is 5.60. The summed E-state index contributed by atoms with van der Waals surface area (Å²) in [6, 6.07) is 22.2. The first-order chi connectivity index (χ1) is 16.2. The van der Waals surface area contributed by atoms with Crippen LogP contribution >= 0.6 is 12.2 Å². The fourth-order valence-electron chi connectivity index (χ4n) is 2.90. The third-order valence-corrected chi connectivity index (χ3v) is 6.26. The molecule has 1 amide bonds. The van der Waals surface area contributed by atoms with E-state index in [4.69, 9.17) is 17.0 Å². The summed E-state index contributed by atoms with van der Waals surface area (Å²) in [5.74, 6) is 0.602. The Labute approximate surface area is 205 Å². The number of carbonyl (C=O) groups excluding carboxylic acids is 1. The van der Waals surface area contributed by atoms with E-state index >= 15 is 0 Å². The van der Waals surface area contributed by atoms with E-state index in [1.54, 1.807) is 36.4 Å². The molecule has 3 aromatic carbocycles. The predicted molar refractivity (Wildman–Crippen MR) is 137 cm³/mol. The van der Waals surface area contributed by atoms with E-state index < -0.39 is 10.0 Å². The van der Waals surface area contributed by atoms with E-state index in [1.807, 2.05) is 44.2 Å². The van der Waals surface area contributed by atoms with E-state index in [-0.39, 0.29) is 22.5 Å². The number of amides is 1. The van der Waals surface area contributed by atoms with Gasteiger partial charge in [-0.15, -0.1) is 0 Å². The van der Waals surface area contributed by atoms with Crippen molar-refractivity contribution in [2.24, 2.45) is 5.92 Å². The zero-order chi connectivity index (χ0) is 24.6. The van der Waals surface area contributed by atoms with Crippen molar-refractivity contribution in [1.82, 2.24) is 10.0 Å². The second-order valence-electron chi connectivity index (χ2n) is 7.98. The first-order valence-electron chi connectivity index (χ1n) is 10.7. The summed E-state index contributed by atoms with van der Waals surface area (Å²) in [6.07, 6.45) is 0. The topological polar surface area (TPSA) is 96.5 Å². The van der Waals surface area contributed by atoms with Crippen LogP contribution in [0.15, 0.2) is 83.8 Å². The molecule has 0 aromatic heterocycles. The lowest BCUT2D eigenvalue weighted by Gasteiger charge is -2.12. The standard InChI is InChI=1S/C25H27N3O4S2/c1-18(2)17-32-22-10-6-9-20(15-22)24(29)28-25(33)27-21-11-13-23(14-12-21)34(30,31)26-16-19-7-4-3-5-8-19/h3-15,18,26H,16-17H2,1-2H3,(H2,27,28,29,33). The first-order valence-corrected chi connectivity index (χ1v) is 12.6. The van der Waals surface area contributed by atoms with E-state index in [1.165, 1.54) is 12.1 Å². The summed E-state index contributed by atoms with van der Waals surface area (Å²) >= 11 is 5.23. The number of rotatable bonds is 9. The number of nitrogens with one attached hydrogen (secondary N) is 3. The molecule has 9 heteroatoms. The van der Waals surface area contributed by atoms with Crippen LogP contribution in [-0.2, 0) is 16.6 Å². The Morgan fingerprint density at radius 3 is 2.35 bits per heavy atom. The highest BCUT2D eigenvalue weighted by atomic mass is 32.2. The maximum Gasteiger partial charge on any atom is 0.257 e. The molecule has 3 rings (SSSR count). The van der Waals surface area contributed by atoms with Gasteiger partial charge in [0.2, 0.25) is 10.0 Å². The van der Waals surface area contributed by atoms with E-state index in [9.17, 15) is 13.2 Å². The molecule has 0 spiro atoms. The van der Waals surface area contributed by atoms with Gasteiger partial charge in [-0.3, -0.25) is 10.1 Å². The minimum Gasteiger partial charge on any atom is -0.493 e. The number of hydrogen-bond acceptors (Lipinski definition) is 5. The Bertz CT molecular complexity index is 1230. The van der Waals surface area contributed by atoms with Crippen molar-refractivity contribution >= 4 is 38.9 Å². The number of hydrogen-bond donors (Lipinski definition) is 3. The predicted octanol–water partition coefficient (Wildman–Crippen LogP) is 4.33. The zero-order valence-corrected chi connectivity index (χ0v) is 20.6. The third-order valence-electron chi connectivity index (χ3n) is 4.64. The number of thiocarbonyl (C=S) groups is 1. The summed E-state index contributed by atoms with van der Waals surface area (Å²) in [6.45, 7) is 4.84. The molecule has 3 aromatic rings. The molecular weight excluding hydrogens is 470 g/mol. The minimum atomic E-state index is -3.67. The molecule has 3 N–H and O–H groups in total. The Balaban J connectivity index is 1.55. The van der Waals surface area contributed by atoms with Gasteiger partial charge < -0.3 is 10.1 Å². The van der Waals surface area contributed by atoms with Gasteiger partial charge in [-0.2, -0.15) is 0 Å². The van der Waals surface area contributed by atoms with Crippen LogP contribution in [0.3, 0.4) is 0 Å². The molecule has 0 heterocycles. The van der Waals surface area contributed by atoms with Crippen LogP contribution in [0.2, 0.25) is 0 Å². The Morgan fingerprint density at radius 2 is 1.68 bits per heavy atom. The Morgan fingerprint density at radius 1 is 0.971 bits per heavy atom. The molecular formula is C25H27N3O4S2. The van der Waals surface area contributed by atoms with Crippen LogP contribution in [0.1, 0.15) is 29.8 Å². The molecule has 0 aliphatic heterocycles. The summed E-state index contributed by atoms with van der Waals surface area (Å²) in [4.78, 5) is 12.7. The van der Waals surface area contributed by atoms with Crippen LogP contribution in [0.25, 0.3) is 0 Å². The normalized spacial score (nSPS) is 11.1. The Hall–Kier alpha value is -3.27. The molecule has 0 saturated carbocycles. The maximum absolute atomic E-state index is 12.5. The van der Waals surface area contributed by atoms with E-state index in [0.29, 0.717) is 29.5 Å². The van der Waals surface area contributed by atoms with Crippen molar-refractivity contribution in [2.45, 2.75) is 25.3 Å². The van der Waals surface area contributed by atoms with Gasteiger partial charge in [0.1, 0.15) is 5.75 Å². The number of ether oxygens (including phenoxy) is 1. The van der Waals surface area contributed by atoms with Gasteiger partial charge in [-0.05, 0) is 66.2 Å². The van der Waals surface area contributed by atoms with Gasteiger partial charge in [-0.25, -0.2) is 13.1 Å². The van der Waals surface area contributed by atoms with Crippen LogP contribution < -0.4 is 20.1 Å². The first kappa shape index (κ1) is 25.4. The fourth-order valence-corrected chi connectivity index (χ4v) is 4.13. The third kappa shape index (κ3) is 7.65. The van der Waals surface area contributed by atoms with Crippen molar-refractivity contribution in [1.29, 1.82) is 0 Å². The van der Waals surface area contributed by atoms with Crippen LogP contribution in [0.5, 0.6) is 5.75 Å². The van der Waals surface area contributed by atoms with E-state index in [0.717, 1.165) is 5.56 Å². The van der Waals surface area contributed by atoms with Crippen molar-refractivity contribution in [3.8, 4) is 5.75 Å². The molecule has 178 valence electrons. The molecule has 0 unspecified atom stereocenters. The molecule has 7 nitrogen and oxygen atoms in total. The van der Waals surface area contributed by atoms with Crippen molar-refractivity contribution in [3.05, 3.63) is 90.0 Å². The molecule has 0 radical (unpaired) electrons. The van der Waals surface area contributed by atoms with Gasteiger partial charge in [0, 0.05) is 17.8 Å². The number of sulfonamides is 1. The van der Waals surface area contributed by atoms with Gasteiger partial charge in [-0.1, -0.05) is 50.2 Å². The fraction of sp³-hybridized carbons (Fsp3) is 0.200. The Kier molecular flexibility index (Phi) is 8.75. The van der Waals surface area contributed by atoms with Crippen LogP contribution in [0.4, 0.5) is 5.69 Å². The largest absolute Gasteiger partial charge is 0.493 e. The van der Waals surface area contributed by atoms with Crippen molar-refractivity contribution < 1.29 is 17.9 Å². The number of carbonyl (C=O) groups is 1. The molecule has 0 bridgehead atoms. The van der Waals surface area contributed by atoms with Gasteiger partial charge in [0.15, 0.2) is 5.11 Å². The van der Waals surface area contributed by atoms with Crippen LogP contribution in [0, 0.1) is 5.92 Å². The highest BCUT2D eigenvalue weighted by Gasteiger charge is 2.14. The average Bonchev–Trinajstić information content (AvgIpc) is 2.82. The smallest absolute Gasteiger partial charge is 0.257 e. The average molecular weight is 498 g/mol. The monoisotopic (exact) mass is 497 g/mol. The second-order valence-corrected chi connectivity index (χ2v) is 10.2. The quantitative estimate of drug-likeness (QED) is 0.381. The number of benzene rings is 3. The lowest BCUT2D eigenvalue weighted by Crippen LogP contribution is -2.34. The van der Waals surface area contributed by atoms with Gasteiger partial charge >= 0.3 is 0 Å². The molecule has 0 saturated heterocycles. The second kappa shape index (κ2) is 11.7. The molecule has 34 heavy (non-hydrogen) atoms. The summed E-state index contributed by atoms with van der Waals surface area (Å²) in [5.41, 5.74) is 1.82. The highest BCUT2D eigenvalue weighted by Crippen LogP contribution is 2.16. The molecule has 0 atom stereocenters. The highest BCUT2D eigenvalue weighted by molar-refractivity contribution is 7.89.